The molecule has 0 amide bonds. The van der Waals surface area contributed by atoms with E-state index in [-0.39, 0.29) is 10.8 Å². The van der Waals surface area contributed by atoms with Crippen LogP contribution in [-0.4, -0.2) is 13.3 Å². The Morgan fingerprint density at radius 1 is 0.412 bits per heavy atom. The van der Waals surface area contributed by atoms with Gasteiger partial charge in [0.25, 0.3) is 0 Å². The molecular formula is C47H46N4. The van der Waals surface area contributed by atoms with Crippen LogP contribution in [0.2, 0.25) is 0 Å². The lowest BCUT2D eigenvalue weighted by Gasteiger charge is -2.49. The molecule has 6 aromatic carbocycles. The van der Waals surface area contributed by atoms with Gasteiger partial charge in [-0.2, -0.15) is 0 Å². The molecule has 254 valence electrons. The molecule has 0 unspecified atom stereocenters. The van der Waals surface area contributed by atoms with Crippen molar-refractivity contribution in [1.29, 1.82) is 0 Å². The molecule has 51 heavy (non-hydrogen) atoms. The first kappa shape index (κ1) is 31.5. The third kappa shape index (κ3) is 4.72. The summed E-state index contributed by atoms with van der Waals surface area (Å²) < 4.78 is 0. The van der Waals surface area contributed by atoms with E-state index in [4.69, 9.17) is 0 Å². The molecule has 0 saturated carbocycles. The Bertz CT molecular complexity index is 2130. The van der Waals surface area contributed by atoms with E-state index in [1.54, 1.807) is 0 Å². The first-order chi connectivity index (χ1) is 24.6. The Balaban J connectivity index is 1.28. The fraction of sp³-hybridized carbons (Fsp3) is 0.234. The number of hydrogen-bond acceptors (Lipinski definition) is 4. The number of anilines is 6. The van der Waals surface area contributed by atoms with Crippen LogP contribution < -0.4 is 19.6 Å². The van der Waals surface area contributed by atoms with Gasteiger partial charge in [-0.15, -0.1) is 0 Å². The Kier molecular flexibility index (Phi) is 6.96. The molecule has 4 heteroatoms. The number of hydrogen-bond donors (Lipinski definition) is 0. The van der Waals surface area contributed by atoms with E-state index < -0.39 is 5.66 Å². The summed E-state index contributed by atoms with van der Waals surface area (Å²) in [7, 11) is 0. The van der Waals surface area contributed by atoms with Crippen LogP contribution >= 0.6 is 0 Å². The molecule has 2 heterocycles. The standard InChI is InChI=1S/C47H46N4/c1-45(2,3)33-17-15-19-35(29-33)48-31-50(43-27-13-11-25-41(43)48)47(39-23-9-7-21-37(39)38-22-8-10-24-40(38)47)51-32-49(42-26-12-14-28-44(42)51)36-20-16-18-34(30-36)46(4,5)6/h7-30H,31-32H2,1-6H3. The van der Waals surface area contributed by atoms with Gasteiger partial charge in [0.15, 0.2) is 5.66 Å². The summed E-state index contributed by atoms with van der Waals surface area (Å²) in [4.78, 5) is 10.4. The first-order valence-electron chi connectivity index (χ1n) is 18.3. The molecule has 6 aromatic rings. The number of para-hydroxylation sites is 4. The van der Waals surface area contributed by atoms with Crippen molar-refractivity contribution in [1.82, 2.24) is 0 Å². The zero-order valence-electron chi connectivity index (χ0n) is 30.6. The quantitative estimate of drug-likeness (QED) is 0.186. The molecule has 4 nitrogen and oxygen atoms in total. The second kappa shape index (κ2) is 11.3. The van der Waals surface area contributed by atoms with Gasteiger partial charge in [-0.25, -0.2) is 0 Å². The molecule has 0 saturated heterocycles. The summed E-state index contributed by atoms with van der Waals surface area (Å²) in [5, 5.41) is 0. The minimum atomic E-state index is -0.633. The highest BCUT2D eigenvalue weighted by molar-refractivity contribution is 5.94. The van der Waals surface area contributed by atoms with Gasteiger partial charge in [0.1, 0.15) is 0 Å². The minimum absolute atomic E-state index is 0.0481. The van der Waals surface area contributed by atoms with Crippen LogP contribution in [0.3, 0.4) is 0 Å². The summed E-state index contributed by atoms with van der Waals surface area (Å²) in [6.07, 6.45) is 0. The van der Waals surface area contributed by atoms with Gasteiger partial charge in [-0.05, 0) is 81.6 Å². The van der Waals surface area contributed by atoms with Gasteiger partial charge in [0.05, 0.1) is 36.1 Å². The van der Waals surface area contributed by atoms with Gasteiger partial charge in [-0.1, -0.05) is 139 Å². The van der Waals surface area contributed by atoms with Crippen molar-refractivity contribution in [2.24, 2.45) is 0 Å². The first-order valence-corrected chi connectivity index (χ1v) is 18.3. The van der Waals surface area contributed by atoms with Crippen LogP contribution in [0.15, 0.2) is 146 Å². The molecule has 0 fully saturated rings. The van der Waals surface area contributed by atoms with Crippen molar-refractivity contribution < 1.29 is 0 Å². The highest BCUT2D eigenvalue weighted by Gasteiger charge is 2.57. The molecule has 0 N–H and O–H groups in total. The third-order valence-electron chi connectivity index (χ3n) is 11.2. The molecule has 0 aromatic heterocycles. The normalized spacial score (nSPS) is 15.9. The Morgan fingerprint density at radius 3 is 1.20 bits per heavy atom. The average Bonchev–Trinajstić information content (AvgIpc) is 3.81. The van der Waals surface area contributed by atoms with E-state index in [0.29, 0.717) is 13.3 Å². The van der Waals surface area contributed by atoms with Crippen molar-refractivity contribution in [3.8, 4) is 11.1 Å². The Morgan fingerprint density at radius 2 is 0.784 bits per heavy atom. The van der Waals surface area contributed by atoms with E-state index in [0.717, 1.165) is 0 Å². The van der Waals surface area contributed by atoms with E-state index in [2.05, 4.69) is 207 Å². The van der Waals surface area contributed by atoms with Crippen molar-refractivity contribution in [2.75, 3.05) is 32.9 Å². The lowest BCUT2D eigenvalue weighted by atomic mass is 9.87. The van der Waals surface area contributed by atoms with Gasteiger partial charge in [-0.3, -0.25) is 0 Å². The van der Waals surface area contributed by atoms with Crippen LogP contribution in [0.5, 0.6) is 0 Å². The Labute approximate surface area is 303 Å². The average molecular weight is 667 g/mol. The molecule has 3 aliphatic rings. The molecule has 0 bridgehead atoms. The van der Waals surface area contributed by atoms with E-state index in [9.17, 15) is 0 Å². The highest BCUT2D eigenvalue weighted by atomic mass is 15.5. The van der Waals surface area contributed by atoms with E-state index >= 15 is 0 Å². The largest absolute Gasteiger partial charge is 0.321 e. The maximum absolute atomic E-state index is 2.68. The smallest absolute Gasteiger partial charge is 0.170 e. The van der Waals surface area contributed by atoms with Gasteiger partial charge in [0.2, 0.25) is 0 Å². The summed E-state index contributed by atoms with van der Waals surface area (Å²) >= 11 is 0. The van der Waals surface area contributed by atoms with Gasteiger partial charge < -0.3 is 19.6 Å². The van der Waals surface area contributed by atoms with Gasteiger partial charge >= 0.3 is 0 Å². The predicted molar refractivity (Wildman–Crippen MR) is 215 cm³/mol. The summed E-state index contributed by atoms with van der Waals surface area (Å²) in [5.74, 6) is 0. The highest BCUT2D eigenvalue weighted by Crippen LogP contribution is 2.60. The van der Waals surface area contributed by atoms with Crippen LogP contribution in [-0.2, 0) is 16.5 Å². The topological polar surface area (TPSA) is 13.0 Å². The fourth-order valence-electron chi connectivity index (χ4n) is 8.62. The lowest BCUT2D eigenvalue weighted by Crippen LogP contribution is -2.59. The monoisotopic (exact) mass is 666 g/mol. The van der Waals surface area contributed by atoms with Crippen LogP contribution in [0, 0.1) is 0 Å². The molecule has 0 atom stereocenters. The van der Waals surface area contributed by atoms with Crippen molar-refractivity contribution in [3.63, 3.8) is 0 Å². The summed E-state index contributed by atoms with van der Waals surface area (Å²) in [5.41, 5.74) is 14.7. The lowest BCUT2D eigenvalue weighted by molar-refractivity contribution is 0.472. The number of nitrogens with zero attached hydrogens (tertiary/aromatic N) is 4. The number of fused-ring (bicyclic) bond motifs is 5. The summed E-state index contributed by atoms with van der Waals surface area (Å²) in [6, 6.07) is 54.5. The second-order valence-corrected chi connectivity index (χ2v) is 16.3. The van der Waals surface area contributed by atoms with Crippen LogP contribution in [0.1, 0.15) is 63.8 Å². The van der Waals surface area contributed by atoms with E-state index in [1.165, 1.54) is 67.5 Å². The molecule has 1 aliphatic carbocycles. The SMILES string of the molecule is CC(C)(C)c1cccc(N2CN(C3(N4CN(c5cccc(C(C)(C)C)c5)c5ccccc54)c4ccccc4-c4ccccc43)c3ccccc32)c1. The zero-order chi connectivity index (χ0) is 35.1. The Hall–Kier alpha value is -5.48. The zero-order valence-corrected chi connectivity index (χ0v) is 30.6. The van der Waals surface area contributed by atoms with Crippen LogP contribution in [0.25, 0.3) is 11.1 Å². The minimum Gasteiger partial charge on any atom is -0.321 e. The fourth-order valence-corrected chi connectivity index (χ4v) is 8.62. The van der Waals surface area contributed by atoms with Crippen molar-refractivity contribution >= 4 is 34.1 Å². The number of benzene rings is 6. The molecule has 9 rings (SSSR count). The maximum Gasteiger partial charge on any atom is 0.170 e. The molecule has 0 spiro atoms. The van der Waals surface area contributed by atoms with E-state index in [1.807, 2.05) is 0 Å². The molecule has 0 radical (unpaired) electrons. The predicted octanol–water partition coefficient (Wildman–Crippen LogP) is 11.7. The summed E-state index contributed by atoms with van der Waals surface area (Å²) in [6.45, 7) is 15.2. The van der Waals surface area contributed by atoms with Crippen molar-refractivity contribution in [2.45, 2.75) is 58.0 Å². The number of rotatable bonds is 4. The molecule has 2 aliphatic heterocycles. The third-order valence-corrected chi connectivity index (χ3v) is 11.2. The maximum atomic E-state index is 2.68. The van der Waals surface area contributed by atoms with Crippen molar-refractivity contribution in [3.05, 3.63) is 168 Å². The van der Waals surface area contributed by atoms with Crippen LogP contribution in [0.4, 0.5) is 34.1 Å². The molecular weight excluding hydrogens is 621 g/mol. The van der Waals surface area contributed by atoms with Gasteiger partial charge in [0, 0.05) is 22.5 Å². The second-order valence-electron chi connectivity index (χ2n) is 16.3.